The van der Waals surface area contributed by atoms with Crippen molar-refractivity contribution in [1.82, 2.24) is 0 Å². The molecule has 0 saturated heterocycles. The fraction of sp³-hybridized carbons (Fsp3) is 0.351. The molecule has 0 aliphatic carbocycles. The molecule has 4 aromatic rings. The van der Waals surface area contributed by atoms with Crippen LogP contribution in [0.3, 0.4) is 0 Å². The summed E-state index contributed by atoms with van der Waals surface area (Å²) in [5.74, 6) is 6.00. The maximum Gasteiger partial charge on any atom is 0.146 e. The molecule has 0 aliphatic heterocycles. The Morgan fingerprint density at radius 2 is 1.11 bits per heavy atom. The minimum atomic E-state index is -0.221. The van der Waals surface area contributed by atoms with Crippen molar-refractivity contribution in [1.29, 1.82) is 0 Å². The molecule has 1 heteroatoms. The summed E-state index contributed by atoms with van der Waals surface area (Å²) in [6.07, 6.45) is 13.1. The number of hydrogen-bond donors (Lipinski definition) is 0. The number of fused-ring (bicyclic) bond motifs is 1. The van der Waals surface area contributed by atoms with Crippen molar-refractivity contribution >= 4 is 10.8 Å². The molecule has 0 spiro atoms. The van der Waals surface area contributed by atoms with Gasteiger partial charge in [-0.2, -0.15) is 0 Å². The van der Waals surface area contributed by atoms with Crippen molar-refractivity contribution in [2.75, 3.05) is 0 Å². The Kier molecular flexibility index (Phi) is 10.6. The maximum absolute atomic E-state index is 15.2. The van der Waals surface area contributed by atoms with Gasteiger partial charge in [0.05, 0.1) is 5.56 Å². The molecular formula is C37H41F. The van der Waals surface area contributed by atoms with Gasteiger partial charge in [-0.15, -0.1) is 0 Å². The Bertz CT molecular complexity index is 1350. The lowest BCUT2D eigenvalue weighted by Gasteiger charge is -2.06. The lowest BCUT2D eigenvalue weighted by atomic mass is 9.99. The average Bonchev–Trinajstić information content (AvgIpc) is 2.95. The van der Waals surface area contributed by atoms with Gasteiger partial charge in [0, 0.05) is 10.9 Å². The van der Waals surface area contributed by atoms with Crippen molar-refractivity contribution in [2.24, 2.45) is 0 Å². The van der Waals surface area contributed by atoms with Crippen LogP contribution in [0.1, 0.15) is 92.2 Å². The van der Waals surface area contributed by atoms with Crippen LogP contribution in [-0.2, 0) is 25.7 Å². The summed E-state index contributed by atoms with van der Waals surface area (Å²) in [6.45, 7) is 4.47. The van der Waals surface area contributed by atoms with Gasteiger partial charge in [0.25, 0.3) is 0 Å². The predicted octanol–water partition coefficient (Wildman–Crippen LogP) is 10.0. The van der Waals surface area contributed by atoms with E-state index in [1.54, 1.807) is 0 Å². The zero-order valence-electron chi connectivity index (χ0n) is 23.2. The van der Waals surface area contributed by atoms with E-state index >= 15 is 4.39 Å². The molecule has 38 heavy (non-hydrogen) atoms. The van der Waals surface area contributed by atoms with Crippen LogP contribution in [0.15, 0.2) is 78.9 Å². The van der Waals surface area contributed by atoms with Crippen LogP contribution in [0.2, 0.25) is 0 Å². The predicted molar refractivity (Wildman–Crippen MR) is 161 cm³/mol. The van der Waals surface area contributed by atoms with E-state index in [0.717, 1.165) is 30.2 Å². The Morgan fingerprint density at radius 1 is 0.526 bits per heavy atom. The molecule has 0 aliphatic rings. The lowest BCUT2D eigenvalue weighted by Crippen LogP contribution is -1.93. The highest BCUT2D eigenvalue weighted by Gasteiger charge is 2.07. The van der Waals surface area contributed by atoms with Crippen LogP contribution < -0.4 is 0 Å². The molecule has 0 amide bonds. The molecule has 4 rings (SSSR count). The van der Waals surface area contributed by atoms with E-state index in [-0.39, 0.29) is 5.82 Å². The van der Waals surface area contributed by atoms with E-state index in [1.807, 2.05) is 30.3 Å². The first kappa shape index (κ1) is 27.7. The maximum atomic E-state index is 15.2. The molecule has 0 bridgehead atoms. The number of unbranched alkanes of at least 4 members (excludes halogenated alkanes) is 5. The van der Waals surface area contributed by atoms with E-state index in [2.05, 4.69) is 74.2 Å². The number of benzene rings is 4. The first-order chi connectivity index (χ1) is 18.7. The number of rotatable bonds is 12. The van der Waals surface area contributed by atoms with Gasteiger partial charge in [0.1, 0.15) is 5.82 Å². The van der Waals surface area contributed by atoms with E-state index in [0.29, 0.717) is 10.9 Å². The SMILES string of the molecule is CCCCCCCc1ccc2c(F)c(C#Cc3ccc(CCc4ccc(CCCC)cc4)cc3)ccc2c1. The second-order valence-electron chi connectivity index (χ2n) is 10.5. The van der Waals surface area contributed by atoms with Crippen molar-refractivity contribution in [3.8, 4) is 11.8 Å². The quantitative estimate of drug-likeness (QED) is 0.133. The fourth-order valence-electron chi connectivity index (χ4n) is 4.96. The van der Waals surface area contributed by atoms with E-state index in [1.165, 1.54) is 73.6 Å². The summed E-state index contributed by atoms with van der Waals surface area (Å²) in [6, 6.07) is 27.4. The zero-order valence-corrected chi connectivity index (χ0v) is 23.2. The Morgan fingerprint density at radius 3 is 1.79 bits per heavy atom. The highest BCUT2D eigenvalue weighted by molar-refractivity contribution is 5.85. The van der Waals surface area contributed by atoms with Gasteiger partial charge in [-0.25, -0.2) is 4.39 Å². The minimum Gasteiger partial charge on any atom is -0.205 e. The number of hydrogen-bond acceptors (Lipinski definition) is 0. The van der Waals surface area contributed by atoms with Gasteiger partial charge in [-0.1, -0.05) is 118 Å². The summed E-state index contributed by atoms with van der Waals surface area (Å²) in [7, 11) is 0. The largest absolute Gasteiger partial charge is 0.205 e. The van der Waals surface area contributed by atoms with Crippen LogP contribution in [0.4, 0.5) is 4.39 Å². The van der Waals surface area contributed by atoms with Crippen LogP contribution in [-0.4, -0.2) is 0 Å². The normalized spacial score (nSPS) is 10.9. The van der Waals surface area contributed by atoms with Crippen LogP contribution >= 0.6 is 0 Å². The monoisotopic (exact) mass is 504 g/mol. The smallest absolute Gasteiger partial charge is 0.146 e. The molecule has 4 aromatic carbocycles. The molecule has 0 heterocycles. The Hall–Kier alpha value is -3.37. The zero-order chi connectivity index (χ0) is 26.6. The summed E-state index contributed by atoms with van der Waals surface area (Å²) in [5.41, 5.74) is 6.75. The van der Waals surface area contributed by atoms with Gasteiger partial charge >= 0.3 is 0 Å². The summed E-state index contributed by atoms with van der Waals surface area (Å²) in [4.78, 5) is 0. The molecular weight excluding hydrogens is 463 g/mol. The van der Waals surface area contributed by atoms with E-state index in [9.17, 15) is 0 Å². The summed E-state index contributed by atoms with van der Waals surface area (Å²) in [5, 5.41) is 1.61. The van der Waals surface area contributed by atoms with Crippen molar-refractivity contribution < 1.29 is 4.39 Å². The van der Waals surface area contributed by atoms with E-state index in [4.69, 9.17) is 0 Å². The van der Waals surface area contributed by atoms with Crippen molar-refractivity contribution in [3.05, 3.63) is 118 Å². The first-order valence-electron chi connectivity index (χ1n) is 14.6. The highest BCUT2D eigenvalue weighted by atomic mass is 19.1. The van der Waals surface area contributed by atoms with Crippen molar-refractivity contribution in [2.45, 2.75) is 84.5 Å². The minimum absolute atomic E-state index is 0.221. The Balaban J connectivity index is 1.34. The van der Waals surface area contributed by atoms with Gasteiger partial charge in [0.15, 0.2) is 0 Å². The van der Waals surface area contributed by atoms with Gasteiger partial charge in [-0.3, -0.25) is 0 Å². The van der Waals surface area contributed by atoms with Crippen LogP contribution in [0.25, 0.3) is 10.8 Å². The number of halogens is 1. The van der Waals surface area contributed by atoms with Gasteiger partial charge in [-0.05, 0) is 84.4 Å². The Labute approximate surface area is 229 Å². The standard InChI is InChI=1S/C37H41F/c1-3-5-7-8-9-11-33-23-27-36-35(28-33)26-25-34(37(36)38)24-22-32-20-18-31(19-21-32)17-16-30-14-12-29(13-15-30)10-6-4-2/h12-15,18-21,23,25-28H,3-11,16-17H2,1-2H3. The highest BCUT2D eigenvalue weighted by Crippen LogP contribution is 2.23. The molecule has 0 saturated carbocycles. The molecule has 0 atom stereocenters. The third-order valence-electron chi connectivity index (χ3n) is 7.43. The van der Waals surface area contributed by atoms with Crippen LogP contribution in [0.5, 0.6) is 0 Å². The molecule has 196 valence electrons. The molecule has 0 unspecified atom stereocenters. The third kappa shape index (κ3) is 8.06. The van der Waals surface area contributed by atoms with Crippen LogP contribution in [0, 0.1) is 17.7 Å². The third-order valence-corrected chi connectivity index (χ3v) is 7.43. The molecule has 0 nitrogen and oxygen atoms in total. The summed E-state index contributed by atoms with van der Waals surface area (Å²) >= 11 is 0. The lowest BCUT2D eigenvalue weighted by molar-refractivity contribution is 0.631. The topological polar surface area (TPSA) is 0 Å². The molecule has 0 N–H and O–H groups in total. The molecule has 0 aromatic heterocycles. The molecule has 0 radical (unpaired) electrons. The number of aryl methyl sites for hydroxylation is 4. The fourth-order valence-corrected chi connectivity index (χ4v) is 4.96. The second kappa shape index (κ2) is 14.5. The van der Waals surface area contributed by atoms with Crippen molar-refractivity contribution in [3.63, 3.8) is 0 Å². The summed E-state index contributed by atoms with van der Waals surface area (Å²) < 4.78 is 15.2. The van der Waals surface area contributed by atoms with E-state index < -0.39 is 0 Å². The second-order valence-corrected chi connectivity index (χ2v) is 10.5. The molecule has 0 fully saturated rings. The first-order valence-corrected chi connectivity index (χ1v) is 14.6. The van der Waals surface area contributed by atoms with Gasteiger partial charge in [0.2, 0.25) is 0 Å². The van der Waals surface area contributed by atoms with Gasteiger partial charge < -0.3 is 0 Å². The average molecular weight is 505 g/mol.